The van der Waals surface area contributed by atoms with Crippen LogP contribution in [0.5, 0.6) is 0 Å². The van der Waals surface area contributed by atoms with Gasteiger partial charge < -0.3 is 5.32 Å². The molecule has 0 aliphatic rings. The average molecular weight is 267 g/mol. The van der Waals surface area contributed by atoms with Gasteiger partial charge in [0.2, 0.25) is 0 Å². The topological polar surface area (TPSA) is 12.0 Å². The van der Waals surface area contributed by atoms with Gasteiger partial charge in [-0.2, -0.15) is 0 Å². The quantitative estimate of drug-likeness (QED) is 0.841. The molecular formula is C19H25N. The lowest BCUT2D eigenvalue weighted by Crippen LogP contribution is -2.22. The summed E-state index contributed by atoms with van der Waals surface area (Å²) in [4.78, 5) is 0. The summed E-state index contributed by atoms with van der Waals surface area (Å²) >= 11 is 0. The molecule has 0 bridgehead atoms. The number of aryl methyl sites for hydroxylation is 3. The minimum absolute atomic E-state index is 0.503. The Balaban J connectivity index is 2.48. The molecule has 0 saturated heterocycles. The van der Waals surface area contributed by atoms with Crippen LogP contribution in [-0.2, 0) is 6.54 Å². The SMILES string of the molecule is Cc1ccc(C)c(-c2cc(C)ccc2CNC(C)C)c1. The molecule has 0 atom stereocenters. The first kappa shape index (κ1) is 14.8. The lowest BCUT2D eigenvalue weighted by molar-refractivity contribution is 0.589. The summed E-state index contributed by atoms with van der Waals surface area (Å²) in [6.07, 6.45) is 0. The summed E-state index contributed by atoms with van der Waals surface area (Å²) in [5.74, 6) is 0. The van der Waals surface area contributed by atoms with Gasteiger partial charge in [-0.25, -0.2) is 0 Å². The van der Waals surface area contributed by atoms with Crippen LogP contribution in [0.1, 0.15) is 36.1 Å². The van der Waals surface area contributed by atoms with Gasteiger partial charge in [0.1, 0.15) is 0 Å². The van der Waals surface area contributed by atoms with Crippen molar-refractivity contribution < 1.29 is 0 Å². The highest BCUT2D eigenvalue weighted by atomic mass is 14.9. The Morgan fingerprint density at radius 3 is 2.10 bits per heavy atom. The molecule has 0 saturated carbocycles. The first-order chi connectivity index (χ1) is 9.47. The van der Waals surface area contributed by atoms with Crippen LogP contribution in [0.4, 0.5) is 0 Å². The molecule has 1 nitrogen and oxygen atoms in total. The molecule has 2 rings (SSSR count). The third-order valence-electron chi connectivity index (χ3n) is 3.65. The molecule has 0 aliphatic carbocycles. The molecule has 1 heteroatoms. The van der Waals surface area contributed by atoms with Gasteiger partial charge in [-0.05, 0) is 43.0 Å². The first-order valence-corrected chi connectivity index (χ1v) is 7.38. The summed E-state index contributed by atoms with van der Waals surface area (Å²) < 4.78 is 0. The Morgan fingerprint density at radius 2 is 1.45 bits per heavy atom. The van der Waals surface area contributed by atoms with Crippen molar-refractivity contribution in [1.29, 1.82) is 0 Å². The van der Waals surface area contributed by atoms with Crippen molar-refractivity contribution in [2.75, 3.05) is 0 Å². The van der Waals surface area contributed by atoms with Crippen molar-refractivity contribution in [3.63, 3.8) is 0 Å². The van der Waals surface area contributed by atoms with Gasteiger partial charge in [-0.1, -0.05) is 61.4 Å². The molecule has 1 N–H and O–H groups in total. The predicted octanol–water partition coefficient (Wildman–Crippen LogP) is 4.78. The smallest absolute Gasteiger partial charge is 0.0214 e. The first-order valence-electron chi connectivity index (χ1n) is 7.38. The second kappa shape index (κ2) is 6.23. The van der Waals surface area contributed by atoms with E-state index in [9.17, 15) is 0 Å². The fraction of sp³-hybridized carbons (Fsp3) is 0.368. The maximum atomic E-state index is 3.53. The van der Waals surface area contributed by atoms with Gasteiger partial charge >= 0.3 is 0 Å². The molecule has 2 aromatic rings. The molecule has 106 valence electrons. The van der Waals surface area contributed by atoms with Gasteiger partial charge in [-0.15, -0.1) is 0 Å². The van der Waals surface area contributed by atoms with Crippen LogP contribution in [0, 0.1) is 20.8 Å². The lowest BCUT2D eigenvalue weighted by Gasteiger charge is -2.16. The van der Waals surface area contributed by atoms with Crippen LogP contribution < -0.4 is 5.32 Å². The summed E-state index contributed by atoms with van der Waals surface area (Å²) in [7, 11) is 0. The minimum atomic E-state index is 0.503. The van der Waals surface area contributed by atoms with E-state index in [-0.39, 0.29) is 0 Å². The summed E-state index contributed by atoms with van der Waals surface area (Å²) in [6.45, 7) is 11.8. The van der Waals surface area contributed by atoms with Gasteiger partial charge in [0, 0.05) is 12.6 Å². The Morgan fingerprint density at radius 1 is 0.850 bits per heavy atom. The fourth-order valence-electron chi connectivity index (χ4n) is 2.44. The molecule has 0 aromatic heterocycles. The van der Waals surface area contributed by atoms with Crippen LogP contribution >= 0.6 is 0 Å². The third-order valence-corrected chi connectivity index (χ3v) is 3.65. The van der Waals surface area contributed by atoms with Crippen molar-refractivity contribution in [3.8, 4) is 11.1 Å². The highest BCUT2D eigenvalue weighted by Crippen LogP contribution is 2.29. The zero-order chi connectivity index (χ0) is 14.7. The van der Waals surface area contributed by atoms with Crippen LogP contribution in [-0.4, -0.2) is 6.04 Å². The largest absolute Gasteiger partial charge is 0.310 e. The highest BCUT2D eigenvalue weighted by Gasteiger charge is 2.09. The zero-order valence-electron chi connectivity index (χ0n) is 13.2. The molecule has 0 aliphatic heterocycles. The van der Waals surface area contributed by atoms with Crippen molar-refractivity contribution in [2.45, 2.75) is 47.2 Å². The maximum absolute atomic E-state index is 3.53. The van der Waals surface area contributed by atoms with Crippen LogP contribution in [0.2, 0.25) is 0 Å². The summed E-state index contributed by atoms with van der Waals surface area (Å²) in [6, 6.07) is 14.0. The van der Waals surface area contributed by atoms with Crippen molar-refractivity contribution >= 4 is 0 Å². The Kier molecular flexibility index (Phi) is 4.61. The van der Waals surface area contributed by atoms with E-state index in [4.69, 9.17) is 0 Å². The fourth-order valence-corrected chi connectivity index (χ4v) is 2.44. The van der Waals surface area contributed by atoms with Crippen molar-refractivity contribution in [1.82, 2.24) is 5.32 Å². The van der Waals surface area contributed by atoms with Gasteiger partial charge in [0.25, 0.3) is 0 Å². The second-order valence-corrected chi connectivity index (χ2v) is 6.01. The van der Waals surface area contributed by atoms with Gasteiger partial charge in [0.15, 0.2) is 0 Å². The average Bonchev–Trinajstić information content (AvgIpc) is 2.40. The Bertz CT molecular complexity index is 597. The Hall–Kier alpha value is -1.60. The van der Waals surface area contributed by atoms with Crippen molar-refractivity contribution in [3.05, 3.63) is 58.7 Å². The third kappa shape index (κ3) is 3.49. The monoisotopic (exact) mass is 267 g/mol. The molecule has 0 amide bonds. The number of nitrogens with one attached hydrogen (secondary N) is 1. The molecule has 0 fully saturated rings. The number of rotatable bonds is 4. The van der Waals surface area contributed by atoms with E-state index in [1.807, 2.05) is 0 Å². The summed E-state index contributed by atoms with van der Waals surface area (Å²) in [5, 5.41) is 3.53. The highest BCUT2D eigenvalue weighted by molar-refractivity contribution is 5.72. The lowest BCUT2D eigenvalue weighted by atomic mass is 9.93. The molecule has 0 unspecified atom stereocenters. The minimum Gasteiger partial charge on any atom is -0.310 e. The van der Waals surface area contributed by atoms with E-state index >= 15 is 0 Å². The second-order valence-electron chi connectivity index (χ2n) is 6.01. The molecule has 0 heterocycles. The van der Waals surface area contributed by atoms with E-state index in [0.29, 0.717) is 6.04 Å². The summed E-state index contributed by atoms with van der Waals surface area (Å²) in [5.41, 5.74) is 8.06. The van der Waals surface area contributed by atoms with E-state index in [0.717, 1.165) is 6.54 Å². The van der Waals surface area contributed by atoms with E-state index in [1.165, 1.54) is 33.4 Å². The van der Waals surface area contributed by atoms with Gasteiger partial charge in [0.05, 0.1) is 0 Å². The normalized spacial score (nSPS) is 11.1. The Labute approximate surface area is 123 Å². The van der Waals surface area contributed by atoms with E-state index in [1.54, 1.807) is 0 Å². The molecule has 2 aromatic carbocycles. The van der Waals surface area contributed by atoms with Crippen LogP contribution in [0.3, 0.4) is 0 Å². The van der Waals surface area contributed by atoms with Crippen LogP contribution in [0.15, 0.2) is 36.4 Å². The van der Waals surface area contributed by atoms with Gasteiger partial charge in [-0.3, -0.25) is 0 Å². The molecule has 20 heavy (non-hydrogen) atoms. The number of hydrogen-bond donors (Lipinski definition) is 1. The van der Waals surface area contributed by atoms with Crippen molar-refractivity contribution in [2.24, 2.45) is 0 Å². The van der Waals surface area contributed by atoms with E-state index in [2.05, 4.69) is 76.3 Å². The zero-order valence-corrected chi connectivity index (χ0v) is 13.2. The predicted molar refractivity (Wildman–Crippen MR) is 88.1 cm³/mol. The molecular weight excluding hydrogens is 242 g/mol. The number of hydrogen-bond acceptors (Lipinski definition) is 1. The standard InChI is InChI=1S/C19H25N/c1-13(2)20-12-17-9-7-15(4)11-19(17)18-10-14(3)6-8-16(18)5/h6-11,13,20H,12H2,1-5H3. The molecule has 0 radical (unpaired) electrons. The van der Waals surface area contributed by atoms with E-state index < -0.39 is 0 Å². The molecule has 0 spiro atoms. The van der Waals surface area contributed by atoms with Crippen LogP contribution in [0.25, 0.3) is 11.1 Å². The maximum Gasteiger partial charge on any atom is 0.0214 e. The number of benzene rings is 2.